The van der Waals surface area contributed by atoms with Crippen LogP contribution >= 0.6 is 0 Å². The van der Waals surface area contributed by atoms with Gasteiger partial charge < -0.3 is 9.47 Å². The van der Waals surface area contributed by atoms with Gasteiger partial charge in [-0.3, -0.25) is 9.59 Å². The summed E-state index contributed by atoms with van der Waals surface area (Å²) in [4.78, 5) is 23.2. The summed E-state index contributed by atoms with van der Waals surface area (Å²) in [7, 11) is 0. The van der Waals surface area contributed by atoms with Crippen molar-refractivity contribution in [3.05, 3.63) is 0 Å². The standard InChI is InChI=1S/C23H44O4/c1-4-6-7-8-9-10-11-12-16-19-26-22(24)17-14-13-15-18-23(25)27-20-21(3)5-2/h21H,4-20H2,1-3H3. The minimum absolute atomic E-state index is 0.103. The molecule has 0 saturated carbocycles. The van der Waals surface area contributed by atoms with Crippen molar-refractivity contribution in [1.29, 1.82) is 0 Å². The van der Waals surface area contributed by atoms with Crippen LogP contribution in [0.15, 0.2) is 0 Å². The average molecular weight is 385 g/mol. The Labute approximate surface area is 167 Å². The van der Waals surface area contributed by atoms with Crippen molar-refractivity contribution in [3.8, 4) is 0 Å². The van der Waals surface area contributed by atoms with Gasteiger partial charge in [-0.05, 0) is 25.2 Å². The van der Waals surface area contributed by atoms with E-state index < -0.39 is 0 Å². The van der Waals surface area contributed by atoms with Crippen LogP contribution in [0.1, 0.15) is 117 Å². The maximum absolute atomic E-state index is 11.7. The molecule has 0 aromatic rings. The maximum atomic E-state index is 11.7. The monoisotopic (exact) mass is 384 g/mol. The Bertz CT molecular complexity index is 354. The molecule has 0 bridgehead atoms. The minimum Gasteiger partial charge on any atom is -0.466 e. The quantitative estimate of drug-likeness (QED) is 0.186. The summed E-state index contributed by atoms with van der Waals surface area (Å²) >= 11 is 0. The van der Waals surface area contributed by atoms with Crippen molar-refractivity contribution >= 4 is 11.9 Å². The molecule has 4 nitrogen and oxygen atoms in total. The molecule has 4 heteroatoms. The second-order valence-electron chi connectivity index (χ2n) is 7.81. The highest BCUT2D eigenvalue weighted by Gasteiger charge is 2.07. The van der Waals surface area contributed by atoms with Crippen LogP contribution in [0, 0.1) is 5.92 Å². The molecule has 0 radical (unpaired) electrons. The molecule has 0 aromatic carbocycles. The summed E-state index contributed by atoms with van der Waals surface area (Å²) in [5, 5.41) is 0. The highest BCUT2D eigenvalue weighted by Crippen LogP contribution is 2.10. The number of ether oxygens (including phenoxy) is 2. The predicted octanol–water partition coefficient (Wildman–Crippen LogP) is 6.60. The lowest BCUT2D eigenvalue weighted by molar-refractivity contribution is -0.145. The lowest BCUT2D eigenvalue weighted by Gasteiger charge is -2.09. The van der Waals surface area contributed by atoms with Crippen LogP contribution in [0.5, 0.6) is 0 Å². The van der Waals surface area contributed by atoms with Crippen molar-refractivity contribution < 1.29 is 19.1 Å². The smallest absolute Gasteiger partial charge is 0.305 e. The first-order valence-corrected chi connectivity index (χ1v) is 11.4. The van der Waals surface area contributed by atoms with Gasteiger partial charge in [-0.15, -0.1) is 0 Å². The SMILES string of the molecule is CCCCCCCCCCCOC(=O)CCCCCC(=O)OCC(C)CC. The van der Waals surface area contributed by atoms with E-state index in [1.54, 1.807) is 0 Å². The molecule has 0 aromatic heterocycles. The van der Waals surface area contributed by atoms with Crippen molar-refractivity contribution in [3.63, 3.8) is 0 Å². The molecule has 0 aliphatic rings. The Morgan fingerprint density at radius 3 is 1.70 bits per heavy atom. The van der Waals surface area contributed by atoms with E-state index in [1.165, 1.54) is 44.9 Å². The van der Waals surface area contributed by atoms with Gasteiger partial charge in [0.15, 0.2) is 0 Å². The van der Waals surface area contributed by atoms with Gasteiger partial charge in [-0.25, -0.2) is 0 Å². The zero-order chi connectivity index (χ0) is 20.2. The molecule has 1 atom stereocenters. The number of carbonyl (C=O) groups excluding carboxylic acids is 2. The fraction of sp³-hybridized carbons (Fsp3) is 0.913. The largest absolute Gasteiger partial charge is 0.466 e. The third-order valence-corrected chi connectivity index (χ3v) is 5.00. The van der Waals surface area contributed by atoms with E-state index in [1.807, 2.05) is 0 Å². The van der Waals surface area contributed by atoms with Crippen LogP contribution < -0.4 is 0 Å². The predicted molar refractivity (Wildman–Crippen MR) is 112 cm³/mol. The van der Waals surface area contributed by atoms with Gasteiger partial charge >= 0.3 is 11.9 Å². The summed E-state index contributed by atoms with van der Waals surface area (Å²) < 4.78 is 10.5. The molecule has 27 heavy (non-hydrogen) atoms. The molecule has 0 aliphatic heterocycles. The van der Waals surface area contributed by atoms with Crippen molar-refractivity contribution in [2.75, 3.05) is 13.2 Å². The zero-order valence-electron chi connectivity index (χ0n) is 18.2. The first-order chi connectivity index (χ1) is 13.1. The van der Waals surface area contributed by atoms with Crippen LogP contribution in [-0.2, 0) is 19.1 Å². The molecule has 0 spiro atoms. The Morgan fingerprint density at radius 2 is 1.15 bits per heavy atom. The Morgan fingerprint density at radius 1 is 0.667 bits per heavy atom. The molecule has 0 rings (SSSR count). The first-order valence-electron chi connectivity index (χ1n) is 11.4. The number of esters is 2. The molecular weight excluding hydrogens is 340 g/mol. The molecule has 160 valence electrons. The van der Waals surface area contributed by atoms with Gasteiger partial charge in [-0.2, -0.15) is 0 Å². The summed E-state index contributed by atoms with van der Waals surface area (Å²) in [5.41, 5.74) is 0. The third-order valence-electron chi connectivity index (χ3n) is 5.00. The number of hydrogen-bond donors (Lipinski definition) is 0. The highest BCUT2D eigenvalue weighted by atomic mass is 16.5. The van der Waals surface area contributed by atoms with E-state index in [0.717, 1.165) is 38.5 Å². The van der Waals surface area contributed by atoms with Gasteiger partial charge in [-0.1, -0.05) is 85.0 Å². The van der Waals surface area contributed by atoms with Crippen molar-refractivity contribution in [1.82, 2.24) is 0 Å². The third kappa shape index (κ3) is 19.5. The van der Waals surface area contributed by atoms with E-state index in [4.69, 9.17) is 9.47 Å². The van der Waals surface area contributed by atoms with E-state index in [-0.39, 0.29) is 11.9 Å². The van der Waals surface area contributed by atoms with Gasteiger partial charge in [0.05, 0.1) is 13.2 Å². The normalized spacial score (nSPS) is 12.0. The number of unbranched alkanes of at least 4 members (excludes halogenated alkanes) is 10. The van der Waals surface area contributed by atoms with E-state index in [9.17, 15) is 9.59 Å². The molecule has 0 fully saturated rings. The second kappa shape index (κ2) is 19.7. The fourth-order valence-electron chi connectivity index (χ4n) is 2.81. The second-order valence-corrected chi connectivity index (χ2v) is 7.81. The first kappa shape index (κ1) is 25.9. The highest BCUT2D eigenvalue weighted by molar-refractivity contribution is 5.69. The Balaban J connectivity index is 3.31. The van der Waals surface area contributed by atoms with E-state index in [0.29, 0.717) is 32.0 Å². The van der Waals surface area contributed by atoms with Crippen LogP contribution in [0.25, 0.3) is 0 Å². The molecule has 0 saturated heterocycles. The van der Waals surface area contributed by atoms with Gasteiger partial charge in [0.1, 0.15) is 0 Å². The van der Waals surface area contributed by atoms with Gasteiger partial charge in [0.2, 0.25) is 0 Å². The minimum atomic E-state index is -0.122. The van der Waals surface area contributed by atoms with Crippen LogP contribution in [0.2, 0.25) is 0 Å². The molecule has 0 heterocycles. The zero-order valence-corrected chi connectivity index (χ0v) is 18.2. The molecule has 0 amide bonds. The van der Waals surface area contributed by atoms with Crippen molar-refractivity contribution in [2.24, 2.45) is 5.92 Å². The summed E-state index contributed by atoms with van der Waals surface area (Å²) in [6.45, 7) is 7.48. The van der Waals surface area contributed by atoms with Gasteiger partial charge in [0.25, 0.3) is 0 Å². The van der Waals surface area contributed by atoms with E-state index in [2.05, 4.69) is 20.8 Å². The fourth-order valence-corrected chi connectivity index (χ4v) is 2.81. The van der Waals surface area contributed by atoms with Crippen LogP contribution in [0.4, 0.5) is 0 Å². The van der Waals surface area contributed by atoms with Gasteiger partial charge in [0, 0.05) is 12.8 Å². The lowest BCUT2D eigenvalue weighted by atomic mass is 10.1. The summed E-state index contributed by atoms with van der Waals surface area (Å²) in [6.07, 6.45) is 15.8. The number of carbonyl (C=O) groups is 2. The maximum Gasteiger partial charge on any atom is 0.305 e. The molecular formula is C23H44O4. The molecule has 1 unspecified atom stereocenters. The van der Waals surface area contributed by atoms with Crippen LogP contribution in [0.3, 0.4) is 0 Å². The number of hydrogen-bond acceptors (Lipinski definition) is 4. The molecule has 0 aliphatic carbocycles. The lowest BCUT2D eigenvalue weighted by Crippen LogP contribution is -2.11. The van der Waals surface area contributed by atoms with Crippen molar-refractivity contribution in [2.45, 2.75) is 117 Å². The Kier molecular flexibility index (Phi) is 18.9. The Hall–Kier alpha value is -1.06. The summed E-state index contributed by atoms with van der Waals surface area (Å²) in [5.74, 6) is 0.201. The average Bonchev–Trinajstić information content (AvgIpc) is 2.67. The number of rotatable bonds is 19. The topological polar surface area (TPSA) is 52.6 Å². The molecule has 0 N–H and O–H groups in total. The van der Waals surface area contributed by atoms with Crippen LogP contribution in [-0.4, -0.2) is 25.2 Å². The van der Waals surface area contributed by atoms with E-state index >= 15 is 0 Å². The summed E-state index contributed by atoms with van der Waals surface area (Å²) in [6, 6.07) is 0.